The van der Waals surface area contributed by atoms with Gasteiger partial charge in [-0.2, -0.15) is 0 Å². The van der Waals surface area contributed by atoms with E-state index in [-0.39, 0.29) is 31.1 Å². The summed E-state index contributed by atoms with van der Waals surface area (Å²) in [5.41, 5.74) is 0. The molecule has 0 N–H and O–H groups in total. The molecule has 0 heterocycles. The Bertz CT molecular complexity index is 1630. The summed E-state index contributed by atoms with van der Waals surface area (Å²) in [6.45, 7) is 6.33. The van der Waals surface area contributed by atoms with Gasteiger partial charge in [-0.25, -0.2) is 0 Å². The lowest BCUT2D eigenvalue weighted by atomic mass is 10.1. The van der Waals surface area contributed by atoms with Crippen LogP contribution in [-0.2, 0) is 28.6 Å². The third kappa shape index (κ3) is 60.4. The molecule has 0 saturated heterocycles. The van der Waals surface area contributed by atoms with Crippen LogP contribution in [0.25, 0.3) is 0 Å². The van der Waals surface area contributed by atoms with Crippen LogP contribution in [0.5, 0.6) is 0 Å². The fourth-order valence-electron chi connectivity index (χ4n) is 8.26. The Morgan fingerprint density at radius 3 is 0.816 bits per heavy atom. The molecule has 0 bridgehead atoms. The molecule has 0 aromatic rings. The van der Waals surface area contributed by atoms with Gasteiger partial charge in [0.15, 0.2) is 6.10 Å². The first-order chi connectivity index (χ1) is 37.5. The normalized spacial score (nSPS) is 13.0. The van der Waals surface area contributed by atoms with Crippen LogP contribution in [0.4, 0.5) is 0 Å². The van der Waals surface area contributed by atoms with Gasteiger partial charge in [-0.3, -0.25) is 14.4 Å². The molecule has 0 spiro atoms. The Balaban J connectivity index is 4.31. The van der Waals surface area contributed by atoms with Crippen LogP contribution in [0.3, 0.4) is 0 Å². The highest BCUT2D eigenvalue weighted by Gasteiger charge is 2.19. The highest BCUT2D eigenvalue weighted by molar-refractivity contribution is 5.71. The molecule has 0 aliphatic rings. The SMILES string of the molecule is CC/C=C\C/C=C\C/C=C\C/C=C\C/C=C\C/C=C\CCCCCCCCCCC(=O)OCC(COC(=O)CCCCCCC/C=C\CCC)OC(=O)CCCCCCCCCC/C=C\C/C=C\C/C=C\C/C=C\CC. The summed E-state index contributed by atoms with van der Waals surface area (Å²) in [4.78, 5) is 38.2. The zero-order chi connectivity index (χ0) is 55.0. The number of rotatable bonds is 55. The van der Waals surface area contributed by atoms with Gasteiger partial charge < -0.3 is 14.2 Å². The first-order valence-electron chi connectivity index (χ1n) is 31.2. The quantitative estimate of drug-likeness (QED) is 0.0261. The number of ether oxygens (including phenoxy) is 3. The predicted molar refractivity (Wildman–Crippen MR) is 329 cm³/mol. The Morgan fingerprint density at radius 1 is 0.276 bits per heavy atom. The van der Waals surface area contributed by atoms with Crippen LogP contribution in [0.1, 0.15) is 271 Å². The zero-order valence-electron chi connectivity index (χ0n) is 49.2. The molecule has 76 heavy (non-hydrogen) atoms. The van der Waals surface area contributed by atoms with E-state index in [1.165, 1.54) is 77.0 Å². The average Bonchev–Trinajstić information content (AvgIpc) is 3.42. The molecular weight excluding hydrogens is 937 g/mol. The topological polar surface area (TPSA) is 78.9 Å². The van der Waals surface area contributed by atoms with Crippen molar-refractivity contribution < 1.29 is 28.6 Å². The van der Waals surface area contributed by atoms with Gasteiger partial charge in [0.05, 0.1) is 0 Å². The van der Waals surface area contributed by atoms with E-state index in [0.29, 0.717) is 19.3 Å². The van der Waals surface area contributed by atoms with E-state index in [9.17, 15) is 14.4 Å². The molecule has 0 amide bonds. The van der Waals surface area contributed by atoms with Crippen molar-refractivity contribution in [2.45, 2.75) is 277 Å². The molecule has 6 heteroatoms. The smallest absolute Gasteiger partial charge is 0.306 e. The summed E-state index contributed by atoms with van der Waals surface area (Å²) >= 11 is 0. The average molecular weight is 1050 g/mol. The summed E-state index contributed by atoms with van der Waals surface area (Å²) in [6.07, 6.45) is 88.8. The molecule has 0 fully saturated rings. The van der Waals surface area contributed by atoms with Gasteiger partial charge in [-0.1, -0.05) is 257 Å². The molecule has 0 saturated carbocycles. The van der Waals surface area contributed by atoms with Crippen LogP contribution in [-0.4, -0.2) is 37.2 Å². The van der Waals surface area contributed by atoms with Crippen molar-refractivity contribution in [2.75, 3.05) is 13.2 Å². The summed E-state index contributed by atoms with van der Waals surface area (Å²) in [5, 5.41) is 0. The molecule has 1 unspecified atom stereocenters. The highest BCUT2D eigenvalue weighted by atomic mass is 16.6. The number of carbonyl (C=O) groups is 3. The van der Waals surface area contributed by atoms with E-state index in [1.54, 1.807) is 0 Å². The Kier molecular flexibility index (Phi) is 59.4. The van der Waals surface area contributed by atoms with E-state index in [1.807, 2.05) is 0 Å². The number of hydrogen-bond acceptors (Lipinski definition) is 6. The van der Waals surface area contributed by atoms with Gasteiger partial charge in [0, 0.05) is 19.3 Å². The van der Waals surface area contributed by atoms with Crippen LogP contribution in [0.2, 0.25) is 0 Å². The molecule has 0 rings (SSSR count). The standard InChI is InChI=1S/C70H114O6/c1-4-7-10-13-16-19-22-24-26-28-30-32-33-34-35-36-37-39-40-42-44-46-48-51-54-57-60-63-69(72)75-66-67(65-74-68(71)62-59-56-53-50-21-18-15-12-9-6-3)76-70(73)64-61-58-55-52-49-47-45-43-41-38-31-29-27-25-23-20-17-14-11-8-5-2/h7-8,10-12,15-17,19-20,24-27,30-32,34-35,37-39,67H,4-6,9,13-14,18,21-23,28-29,33,36,40-66H2,1-3H3/b10-7-,11-8-,15-12-,19-16-,20-17-,26-24-,27-25-,32-30-,35-34-,38-31-,39-37-. The van der Waals surface area contributed by atoms with Crippen molar-refractivity contribution in [3.8, 4) is 0 Å². The third-order valence-corrected chi connectivity index (χ3v) is 12.9. The summed E-state index contributed by atoms with van der Waals surface area (Å²) < 4.78 is 16.9. The highest BCUT2D eigenvalue weighted by Crippen LogP contribution is 2.15. The summed E-state index contributed by atoms with van der Waals surface area (Å²) in [5.74, 6) is -0.918. The molecular formula is C70H114O6. The number of allylic oxidation sites excluding steroid dienone is 22. The van der Waals surface area contributed by atoms with E-state index >= 15 is 0 Å². The third-order valence-electron chi connectivity index (χ3n) is 12.9. The minimum Gasteiger partial charge on any atom is -0.462 e. The minimum atomic E-state index is -0.794. The first kappa shape index (κ1) is 71.5. The zero-order valence-corrected chi connectivity index (χ0v) is 49.2. The Hall–Kier alpha value is -4.45. The van der Waals surface area contributed by atoms with Gasteiger partial charge in [-0.15, -0.1) is 0 Å². The van der Waals surface area contributed by atoms with Gasteiger partial charge >= 0.3 is 17.9 Å². The predicted octanol–water partition coefficient (Wildman–Crippen LogP) is 21.4. The first-order valence-corrected chi connectivity index (χ1v) is 31.2. The lowest BCUT2D eigenvalue weighted by Gasteiger charge is -2.18. The second kappa shape index (κ2) is 63.1. The fourth-order valence-corrected chi connectivity index (χ4v) is 8.26. The largest absolute Gasteiger partial charge is 0.462 e. The van der Waals surface area contributed by atoms with Crippen molar-refractivity contribution in [2.24, 2.45) is 0 Å². The van der Waals surface area contributed by atoms with Crippen LogP contribution in [0, 0.1) is 0 Å². The van der Waals surface area contributed by atoms with Crippen molar-refractivity contribution in [3.05, 3.63) is 134 Å². The summed E-state index contributed by atoms with van der Waals surface area (Å²) in [6, 6.07) is 0. The van der Waals surface area contributed by atoms with Crippen molar-refractivity contribution in [1.29, 1.82) is 0 Å². The monoisotopic (exact) mass is 1050 g/mol. The second-order valence-electron chi connectivity index (χ2n) is 20.2. The van der Waals surface area contributed by atoms with Gasteiger partial charge in [0.2, 0.25) is 0 Å². The lowest BCUT2D eigenvalue weighted by molar-refractivity contribution is -0.167. The maximum atomic E-state index is 12.9. The van der Waals surface area contributed by atoms with Crippen molar-refractivity contribution in [1.82, 2.24) is 0 Å². The van der Waals surface area contributed by atoms with Crippen molar-refractivity contribution in [3.63, 3.8) is 0 Å². The van der Waals surface area contributed by atoms with Crippen LogP contribution in [0.15, 0.2) is 134 Å². The van der Waals surface area contributed by atoms with Crippen LogP contribution < -0.4 is 0 Å². The molecule has 0 aromatic carbocycles. The van der Waals surface area contributed by atoms with Gasteiger partial charge in [0.1, 0.15) is 13.2 Å². The van der Waals surface area contributed by atoms with E-state index in [4.69, 9.17) is 14.2 Å². The van der Waals surface area contributed by atoms with Gasteiger partial charge in [-0.05, 0) is 128 Å². The Labute approximate surface area is 468 Å². The molecule has 0 aliphatic carbocycles. The minimum absolute atomic E-state index is 0.0916. The second-order valence-corrected chi connectivity index (χ2v) is 20.2. The molecule has 0 aromatic heterocycles. The van der Waals surface area contributed by atoms with E-state index in [2.05, 4.69) is 154 Å². The van der Waals surface area contributed by atoms with Crippen LogP contribution >= 0.6 is 0 Å². The number of carbonyl (C=O) groups excluding carboxylic acids is 3. The fraction of sp³-hybridized carbons (Fsp3) is 0.643. The number of hydrogen-bond donors (Lipinski definition) is 0. The van der Waals surface area contributed by atoms with Gasteiger partial charge in [0.25, 0.3) is 0 Å². The number of unbranched alkanes of at least 4 members (excludes halogenated alkanes) is 22. The molecule has 0 radical (unpaired) electrons. The summed E-state index contributed by atoms with van der Waals surface area (Å²) in [7, 11) is 0. The maximum Gasteiger partial charge on any atom is 0.306 e. The molecule has 0 aliphatic heterocycles. The Morgan fingerprint density at radius 2 is 0.513 bits per heavy atom. The number of esters is 3. The van der Waals surface area contributed by atoms with Crippen molar-refractivity contribution >= 4 is 17.9 Å². The molecule has 1 atom stereocenters. The molecule has 430 valence electrons. The maximum absolute atomic E-state index is 12.9. The van der Waals surface area contributed by atoms with E-state index < -0.39 is 6.10 Å². The molecule has 6 nitrogen and oxygen atoms in total. The van der Waals surface area contributed by atoms with E-state index in [0.717, 1.165) is 154 Å². The lowest BCUT2D eigenvalue weighted by Crippen LogP contribution is -2.30.